The molecule has 2 aromatic heterocycles. The highest BCUT2D eigenvalue weighted by Crippen LogP contribution is 2.08. The van der Waals surface area contributed by atoms with Gasteiger partial charge in [-0.05, 0) is 0 Å². The van der Waals surface area contributed by atoms with Crippen LogP contribution in [0.1, 0.15) is 0 Å². The second-order valence-corrected chi connectivity index (χ2v) is 2.76. The number of imidazole rings is 1. The van der Waals surface area contributed by atoms with Gasteiger partial charge >= 0.3 is 6.01 Å². The number of aromatic amines is 1. The summed E-state index contributed by atoms with van der Waals surface area (Å²) in [6.45, 7) is 0. The van der Waals surface area contributed by atoms with Crippen molar-refractivity contribution < 1.29 is 9.88 Å². The van der Waals surface area contributed by atoms with Gasteiger partial charge in [0.2, 0.25) is 0 Å². The Morgan fingerprint density at radius 1 is 1.36 bits per heavy atom. The number of H-pyrrole nitrogens is 1. The lowest BCUT2D eigenvalue weighted by atomic mass is 10.6. The molecule has 0 aliphatic heterocycles. The van der Waals surface area contributed by atoms with E-state index in [1.54, 1.807) is 20.3 Å². The van der Waals surface area contributed by atoms with E-state index in [4.69, 9.17) is 9.88 Å². The predicted octanol–water partition coefficient (Wildman–Crippen LogP) is 0.140. The van der Waals surface area contributed by atoms with Crippen LogP contribution in [0.25, 0.3) is 11.2 Å². The van der Waals surface area contributed by atoms with E-state index >= 15 is 0 Å². The Bertz CT molecular complexity index is 427. The van der Waals surface area contributed by atoms with E-state index in [0.29, 0.717) is 5.65 Å². The zero-order valence-corrected chi connectivity index (χ0v) is 7.76. The van der Waals surface area contributed by atoms with Gasteiger partial charge in [0.25, 0.3) is 0 Å². The van der Waals surface area contributed by atoms with Crippen LogP contribution in [0.4, 0.5) is 0 Å². The zero-order chi connectivity index (χ0) is 9.97. The van der Waals surface area contributed by atoms with Crippen molar-refractivity contribution in [2.45, 2.75) is 0 Å². The van der Waals surface area contributed by atoms with Crippen molar-refractivity contribution >= 4 is 11.2 Å². The molecule has 0 bridgehead atoms. The highest BCUT2D eigenvalue weighted by atomic mass is 17.3. The van der Waals surface area contributed by atoms with Crippen LogP contribution in [0.5, 0.6) is 6.01 Å². The van der Waals surface area contributed by atoms with E-state index in [2.05, 4.69) is 19.9 Å². The van der Waals surface area contributed by atoms with Gasteiger partial charge in [-0.1, -0.05) is 4.99 Å². The molecular weight excluding hydrogens is 186 g/mol. The van der Waals surface area contributed by atoms with Gasteiger partial charge in [0.15, 0.2) is 5.65 Å². The highest BCUT2D eigenvalue weighted by Gasteiger charge is 2.03. The zero-order valence-electron chi connectivity index (χ0n) is 7.76. The normalized spacial score (nSPS) is 11.1. The summed E-state index contributed by atoms with van der Waals surface area (Å²) in [7, 11) is 3.38. The molecule has 0 fully saturated rings. The fourth-order valence-corrected chi connectivity index (χ4v) is 0.868. The van der Waals surface area contributed by atoms with E-state index in [9.17, 15) is 0 Å². The van der Waals surface area contributed by atoms with Crippen LogP contribution in [0.15, 0.2) is 12.5 Å². The number of fused-ring (bicyclic) bond motifs is 1. The van der Waals surface area contributed by atoms with Crippen LogP contribution in [0.3, 0.4) is 0 Å². The number of nitrogens with zero attached hydrogens (tertiary/aromatic N) is 4. The van der Waals surface area contributed by atoms with Gasteiger partial charge in [0, 0.05) is 14.1 Å². The third kappa shape index (κ3) is 1.78. The van der Waals surface area contributed by atoms with Gasteiger partial charge in [-0.2, -0.15) is 15.0 Å². The molecular formula is C7H9N5O2. The molecule has 0 spiro atoms. The summed E-state index contributed by atoms with van der Waals surface area (Å²) >= 11 is 0. The summed E-state index contributed by atoms with van der Waals surface area (Å²) in [5, 5.41) is 1.39. The van der Waals surface area contributed by atoms with Crippen molar-refractivity contribution in [3.8, 4) is 6.01 Å². The first-order chi connectivity index (χ1) is 6.75. The number of aromatic nitrogens is 4. The lowest BCUT2D eigenvalue weighted by molar-refractivity contribution is -0.353. The highest BCUT2D eigenvalue weighted by molar-refractivity contribution is 5.68. The Balaban J connectivity index is 2.17. The van der Waals surface area contributed by atoms with Crippen molar-refractivity contribution in [3.05, 3.63) is 12.5 Å². The minimum atomic E-state index is 0.123. The van der Waals surface area contributed by atoms with Gasteiger partial charge in [0.1, 0.15) is 5.52 Å². The molecule has 0 aromatic carbocycles. The van der Waals surface area contributed by atoms with E-state index in [0.717, 1.165) is 5.52 Å². The summed E-state index contributed by atoms with van der Waals surface area (Å²) in [6, 6.07) is 0.123. The van der Waals surface area contributed by atoms with Crippen molar-refractivity contribution in [2.24, 2.45) is 0 Å². The monoisotopic (exact) mass is 195 g/mol. The molecule has 1 N–H and O–H groups in total. The van der Waals surface area contributed by atoms with E-state index < -0.39 is 0 Å². The van der Waals surface area contributed by atoms with Gasteiger partial charge in [-0.3, -0.25) is 4.89 Å². The molecule has 7 nitrogen and oxygen atoms in total. The first-order valence-corrected chi connectivity index (χ1v) is 3.94. The van der Waals surface area contributed by atoms with Crippen LogP contribution < -0.4 is 4.89 Å². The molecule has 2 aromatic rings. The first kappa shape index (κ1) is 8.85. The molecule has 2 heterocycles. The molecule has 0 amide bonds. The SMILES string of the molecule is CN(C)OOc1ncc2[nH]cnc2n1. The fourth-order valence-electron chi connectivity index (χ4n) is 0.868. The van der Waals surface area contributed by atoms with Crippen molar-refractivity contribution in [1.82, 2.24) is 25.0 Å². The van der Waals surface area contributed by atoms with Crippen LogP contribution in [0.2, 0.25) is 0 Å². The van der Waals surface area contributed by atoms with E-state index in [1.807, 2.05) is 0 Å². The molecule has 0 atom stereocenters. The van der Waals surface area contributed by atoms with E-state index in [1.165, 1.54) is 11.4 Å². The first-order valence-electron chi connectivity index (χ1n) is 3.94. The van der Waals surface area contributed by atoms with Crippen molar-refractivity contribution in [3.63, 3.8) is 0 Å². The molecule has 0 radical (unpaired) electrons. The predicted molar refractivity (Wildman–Crippen MR) is 47.1 cm³/mol. The molecule has 14 heavy (non-hydrogen) atoms. The van der Waals surface area contributed by atoms with Crippen LogP contribution in [-0.4, -0.2) is 39.1 Å². The standard InChI is InChI=1S/C7H9N5O2/c1-12(2)14-13-7-8-3-5-6(11-7)10-4-9-5/h3-4H,1-2H3,(H,8,9,10,11). The summed E-state index contributed by atoms with van der Waals surface area (Å²) in [6.07, 6.45) is 3.11. The number of hydrogen-bond donors (Lipinski definition) is 1. The van der Waals surface area contributed by atoms with Crippen molar-refractivity contribution in [2.75, 3.05) is 14.1 Å². The van der Waals surface area contributed by atoms with Crippen molar-refractivity contribution in [1.29, 1.82) is 0 Å². The van der Waals surface area contributed by atoms with Gasteiger partial charge in [-0.15, -0.1) is 0 Å². The largest absolute Gasteiger partial charge is 0.357 e. The lowest BCUT2D eigenvalue weighted by Gasteiger charge is -2.06. The molecule has 0 saturated heterocycles. The van der Waals surface area contributed by atoms with Gasteiger partial charge in [-0.25, -0.2) is 4.98 Å². The maximum atomic E-state index is 4.79. The number of hydroxylamine groups is 2. The smallest absolute Gasteiger partial charge is 0.342 e. The van der Waals surface area contributed by atoms with E-state index in [-0.39, 0.29) is 6.01 Å². The molecule has 0 unspecified atom stereocenters. The fraction of sp³-hybridized carbons (Fsp3) is 0.286. The summed E-state index contributed by atoms with van der Waals surface area (Å²) in [4.78, 5) is 24.2. The quantitative estimate of drug-likeness (QED) is 0.554. The average Bonchev–Trinajstić information content (AvgIpc) is 2.61. The Morgan fingerprint density at radius 2 is 2.21 bits per heavy atom. The Morgan fingerprint density at radius 3 is 3.00 bits per heavy atom. The minimum absolute atomic E-state index is 0.123. The summed E-state index contributed by atoms with van der Waals surface area (Å²) in [5.74, 6) is 0. The number of hydrogen-bond acceptors (Lipinski definition) is 6. The third-order valence-corrected chi connectivity index (χ3v) is 1.41. The number of rotatable bonds is 3. The van der Waals surface area contributed by atoms with Crippen LogP contribution in [-0.2, 0) is 4.99 Å². The Labute approximate surface area is 79.6 Å². The third-order valence-electron chi connectivity index (χ3n) is 1.41. The number of nitrogens with one attached hydrogen (secondary N) is 1. The topological polar surface area (TPSA) is 76.2 Å². The minimum Gasteiger partial charge on any atom is -0.342 e. The second kappa shape index (κ2) is 3.56. The molecule has 0 aliphatic rings. The lowest BCUT2D eigenvalue weighted by Crippen LogP contribution is -2.16. The summed E-state index contributed by atoms with van der Waals surface area (Å²) in [5.41, 5.74) is 1.29. The second-order valence-electron chi connectivity index (χ2n) is 2.76. The Hall–Kier alpha value is -1.73. The van der Waals surface area contributed by atoms with Crippen LogP contribution in [0, 0.1) is 0 Å². The molecule has 74 valence electrons. The molecule has 0 saturated carbocycles. The maximum absolute atomic E-state index is 4.79. The average molecular weight is 195 g/mol. The summed E-state index contributed by atoms with van der Waals surface area (Å²) < 4.78 is 0. The molecule has 0 aliphatic carbocycles. The van der Waals surface area contributed by atoms with Gasteiger partial charge < -0.3 is 4.98 Å². The maximum Gasteiger partial charge on any atom is 0.357 e. The molecule has 7 heteroatoms. The molecule has 2 rings (SSSR count). The van der Waals surface area contributed by atoms with Gasteiger partial charge in [0.05, 0.1) is 12.5 Å². The van der Waals surface area contributed by atoms with Crippen LogP contribution >= 0.6 is 0 Å². The Kier molecular flexibility index (Phi) is 2.25.